The van der Waals surface area contributed by atoms with E-state index in [9.17, 15) is 0 Å². The van der Waals surface area contributed by atoms with Crippen LogP contribution in [-0.4, -0.2) is 66.8 Å². The molecule has 0 radical (unpaired) electrons. The maximum absolute atomic E-state index is 5.89. The minimum Gasteiger partial charge on any atom is -0.374 e. The number of H-pyrrole nitrogens is 1. The van der Waals surface area contributed by atoms with Crippen LogP contribution < -0.4 is 10.6 Å². The van der Waals surface area contributed by atoms with Crippen LogP contribution in [0.1, 0.15) is 19.7 Å². The number of nitrogens with zero attached hydrogens (tertiary/aromatic N) is 3. The van der Waals surface area contributed by atoms with E-state index in [-0.39, 0.29) is 6.10 Å². The summed E-state index contributed by atoms with van der Waals surface area (Å²) in [6.07, 6.45) is 2.04. The normalized spacial score (nSPS) is 18.4. The van der Waals surface area contributed by atoms with Gasteiger partial charge in [0, 0.05) is 33.2 Å². The van der Waals surface area contributed by atoms with E-state index in [0.717, 1.165) is 55.8 Å². The number of nitrogens with one attached hydrogen (secondary N) is 3. The molecule has 0 saturated carbocycles. The van der Waals surface area contributed by atoms with Crippen LogP contribution in [0.3, 0.4) is 0 Å². The molecule has 1 saturated heterocycles. The smallest absolute Gasteiger partial charge is 0.191 e. The monoisotopic (exact) mass is 384 g/mol. The Kier molecular flexibility index (Phi) is 7.45. The number of aliphatic imine (C=N–C) groups is 1. The van der Waals surface area contributed by atoms with Gasteiger partial charge in [-0.2, -0.15) is 0 Å². The second-order valence-electron chi connectivity index (χ2n) is 7.56. The maximum atomic E-state index is 5.89. The number of benzene rings is 1. The minimum atomic E-state index is 0.180. The van der Waals surface area contributed by atoms with Crippen molar-refractivity contribution < 1.29 is 4.74 Å². The zero-order valence-corrected chi connectivity index (χ0v) is 17.1. The molecule has 1 atom stereocenters. The third-order valence-electron chi connectivity index (χ3n) is 4.70. The van der Waals surface area contributed by atoms with Crippen molar-refractivity contribution in [3.05, 3.63) is 42.4 Å². The fourth-order valence-electron chi connectivity index (χ4n) is 3.40. The number of hydrogen-bond donors (Lipinski definition) is 3. The van der Waals surface area contributed by atoms with Crippen molar-refractivity contribution in [2.24, 2.45) is 10.9 Å². The van der Waals surface area contributed by atoms with Crippen molar-refractivity contribution in [2.45, 2.75) is 26.5 Å². The molecular formula is C21H32N6O. The summed E-state index contributed by atoms with van der Waals surface area (Å²) in [6, 6.07) is 10.2. The highest BCUT2D eigenvalue weighted by atomic mass is 16.5. The second-order valence-corrected chi connectivity index (χ2v) is 7.56. The second kappa shape index (κ2) is 10.2. The van der Waals surface area contributed by atoms with E-state index in [2.05, 4.69) is 56.5 Å². The van der Waals surface area contributed by atoms with E-state index in [1.165, 1.54) is 0 Å². The summed E-state index contributed by atoms with van der Waals surface area (Å²) in [6.45, 7) is 9.72. The van der Waals surface area contributed by atoms with Crippen molar-refractivity contribution in [2.75, 3.05) is 39.8 Å². The van der Waals surface area contributed by atoms with Gasteiger partial charge >= 0.3 is 0 Å². The molecule has 1 aromatic heterocycles. The Bertz CT molecular complexity index is 742. The van der Waals surface area contributed by atoms with E-state index >= 15 is 0 Å². The standard InChI is InChI=1S/C21H32N6O/c1-16(2)14-27-9-10-28-18(15-27)11-24-21(22-3)25-13-20-23-12-19(26-20)17-7-5-4-6-8-17/h4-8,12,16,18H,9-11,13-15H2,1-3H3,(H,23,26)(H2,22,24,25). The molecule has 1 aliphatic rings. The van der Waals surface area contributed by atoms with Crippen LogP contribution in [0.15, 0.2) is 41.5 Å². The highest BCUT2D eigenvalue weighted by Crippen LogP contribution is 2.15. The van der Waals surface area contributed by atoms with Gasteiger partial charge < -0.3 is 20.4 Å². The predicted octanol–water partition coefficient (Wildman–Crippen LogP) is 2.10. The molecule has 1 aliphatic heterocycles. The molecule has 152 valence electrons. The molecule has 28 heavy (non-hydrogen) atoms. The summed E-state index contributed by atoms with van der Waals surface area (Å²) in [5, 5.41) is 6.68. The Labute approximate surface area is 167 Å². The summed E-state index contributed by atoms with van der Waals surface area (Å²) >= 11 is 0. The fraction of sp³-hybridized carbons (Fsp3) is 0.524. The Morgan fingerprint density at radius 1 is 1.32 bits per heavy atom. The molecule has 2 heterocycles. The topological polar surface area (TPSA) is 77.6 Å². The molecular weight excluding hydrogens is 352 g/mol. The molecule has 0 aliphatic carbocycles. The molecule has 1 aromatic carbocycles. The van der Waals surface area contributed by atoms with Crippen molar-refractivity contribution in [3.63, 3.8) is 0 Å². The van der Waals surface area contributed by atoms with Gasteiger partial charge in [0.1, 0.15) is 5.82 Å². The molecule has 0 amide bonds. The lowest BCUT2D eigenvalue weighted by Crippen LogP contribution is -2.50. The van der Waals surface area contributed by atoms with E-state index < -0.39 is 0 Å². The zero-order chi connectivity index (χ0) is 19.8. The average molecular weight is 385 g/mol. The molecule has 1 fully saturated rings. The highest BCUT2D eigenvalue weighted by molar-refractivity contribution is 5.79. The van der Waals surface area contributed by atoms with E-state index in [1.807, 2.05) is 24.4 Å². The first-order chi connectivity index (χ1) is 13.6. The zero-order valence-electron chi connectivity index (χ0n) is 17.1. The lowest BCUT2D eigenvalue weighted by atomic mass is 10.2. The van der Waals surface area contributed by atoms with Crippen LogP contribution in [0.5, 0.6) is 0 Å². The van der Waals surface area contributed by atoms with Gasteiger partial charge in [0.25, 0.3) is 0 Å². The molecule has 0 spiro atoms. The minimum absolute atomic E-state index is 0.180. The van der Waals surface area contributed by atoms with Gasteiger partial charge in [-0.1, -0.05) is 44.2 Å². The van der Waals surface area contributed by atoms with Crippen molar-refractivity contribution >= 4 is 5.96 Å². The number of imidazole rings is 1. The molecule has 3 N–H and O–H groups in total. The Morgan fingerprint density at radius 2 is 2.14 bits per heavy atom. The van der Waals surface area contributed by atoms with Crippen LogP contribution >= 0.6 is 0 Å². The number of guanidine groups is 1. The van der Waals surface area contributed by atoms with Crippen molar-refractivity contribution in [3.8, 4) is 11.3 Å². The highest BCUT2D eigenvalue weighted by Gasteiger charge is 2.21. The third kappa shape index (κ3) is 6.07. The Morgan fingerprint density at radius 3 is 2.89 bits per heavy atom. The van der Waals surface area contributed by atoms with Gasteiger partial charge in [-0.05, 0) is 11.5 Å². The average Bonchev–Trinajstić information content (AvgIpc) is 3.18. The van der Waals surface area contributed by atoms with E-state index in [1.54, 1.807) is 7.05 Å². The summed E-state index contributed by atoms with van der Waals surface area (Å²) in [5.74, 6) is 2.30. The van der Waals surface area contributed by atoms with Gasteiger partial charge in [0.05, 0.1) is 31.1 Å². The first-order valence-corrected chi connectivity index (χ1v) is 10.0. The molecule has 7 nitrogen and oxygen atoms in total. The SMILES string of the molecule is CN=C(NCc1ncc(-c2ccccc2)[nH]1)NCC1CN(CC(C)C)CCO1. The van der Waals surface area contributed by atoms with Crippen LogP contribution in [-0.2, 0) is 11.3 Å². The number of hydrogen-bond acceptors (Lipinski definition) is 4. The van der Waals surface area contributed by atoms with Gasteiger partial charge in [-0.3, -0.25) is 9.89 Å². The first kappa shape index (κ1) is 20.4. The van der Waals surface area contributed by atoms with Crippen LogP contribution in [0.25, 0.3) is 11.3 Å². The number of morpholine rings is 1. The quantitative estimate of drug-likeness (QED) is 0.503. The van der Waals surface area contributed by atoms with E-state index in [0.29, 0.717) is 12.5 Å². The molecule has 2 aromatic rings. The molecule has 0 bridgehead atoms. The lowest BCUT2D eigenvalue weighted by Gasteiger charge is -2.34. The first-order valence-electron chi connectivity index (χ1n) is 10.0. The van der Waals surface area contributed by atoms with E-state index in [4.69, 9.17) is 4.74 Å². The summed E-state index contributed by atoms with van der Waals surface area (Å²) in [4.78, 5) is 14.6. The third-order valence-corrected chi connectivity index (χ3v) is 4.70. The lowest BCUT2D eigenvalue weighted by molar-refractivity contribution is -0.0284. The fourth-order valence-corrected chi connectivity index (χ4v) is 3.40. The Hall–Kier alpha value is -2.38. The van der Waals surface area contributed by atoms with Gasteiger partial charge in [-0.15, -0.1) is 0 Å². The Balaban J connectivity index is 1.44. The van der Waals surface area contributed by atoms with Crippen LogP contribution in [0.2, 0.25) is 0 Å². The van der Waals surface area contributed by atoms with Gasteiger partial charge in [-0.25, -0.2) is 4.98 Å². The van der Waals surface area contributed by atoms with Crippen molar-refractivity contribution in [1.82, 2.24) is 25.5 Å². The van der Waals surface area contributed by atoms with Crippen molar-refractivity contribution in [1.29, 1.82) is 0 Å². The van der Waals surface area contributed by atoms with Gasteiger partial charge in [0.2, 0.25) is 0 Å². The molecule has 3 rings (SSSR count). The largest absolute Gasteiger partial charge is 0.374 e. The molecule has 7 heteroatoms. The van der Waals surface area contributed by atoms with Crippen LogP contribution in [0, 0.1) is 5.92 Å². The maximum Gasteiger partial charge on any atom is 0.191 e. The number of rotatable bonds is 7. The number of aromatic nitrogens is 2. The molecule has 1 unspecified atom stereocenters. The summed E-state index contributed by atoms with van der Waals surface area (Å²) in [5.41, 5.74) is 2.14. The summed E-state index contributed by atoms with van der Waals surface area (Å²) in [7, 11) is 1.78. The number of ether oxygens (including phenoxy) is 1. The predicted molar refractivity (Wildman–Crippen MR) is 113 cm³/mol. The summed E-state index contributed by atoms with van der Waals surface area (Å²) < 4.78 is 5.89. The van der Waals surface area contributed by atoms with Crippen LogP contribution in [0.4, 0.5) is 0 Å². The number of aromatic amines is 1. The van der Waals surface area contributed by atoms with Gasteiger partial charge in [0.15, 0.2) is 5.96 Å².